The molecule has 0 fully saturated rings. The van der Waals surface area contributed by atoms with Gasteiger partial charge in [0.15, 0.2) is 0 Å². The van der Waals surface area contributed by atoms with Crippen LogP contribution in [0.5, 0.6) is 0 Å². The monoisotopic (exact) mass is 242 g/mol. The molecule has 0 amide bonds. The van der Waals surface area contributed by atoms with Crippen LogP contribution in [0.2, 0.25) is 0 Å². The summed E-state index contributed by atoms with van der Waals surface area (Å²) in [6, 6.07) is 0.725. The van der Waals surface area contributed by atoms with Crippen molar-refractivity contribution in [1.29, 1.82) is 0 Å². The Bertz CT molecular complexity index is 488. The highest BCUT2D eigenvalue weighted by molar-refractivity contribution is 5.91. The first-order chi connectivity index (χ1) is 7.93. The number of carboxylic acid groups (broad SMARTS) is 1. The number of hydrogen-bond acceptors (Lipinski definition) is 4. The molecule has 7 heteroatoms. The molecule has 0 spiro atoms. The van der Waals surface area contributed by atoms with Crippen molar-refractivity contribution in [2.24, 2.45) is 0 Å². The molecule has 0 saturated heterocycles. The summed E-state index contributed by atoms with van der Waals surface area (Å²) >= 11 is 0. The van der Waals surface area contributed by atoms with E-state index in [1.165, 1.54) is 7.05 Å². The standard InChI is InChI=1S/C10H11FN2O4/c1-3-5-8(11)6(10(14)15)4-7(13(16)17)9(5)12-2/h4,12H,3H2,1-2H3,(H,14,15). The molecule has 17 heavy (non-hydrogen) atoms. The van der Waals surface area contributed by atoms with E-state index in [4.69, 9.17) is 5.11 Å². The first-order valence-corrected chi connectivity index (χ1v) is 4.84. The zero-order chi connectivity index (χ0) is 13.2. The van der Waals surface area contributed by atoms with Crippen molar-refractivity contribution < 1.29 is 19.2 Å². The number of hydrogen-bond donors (Lipinski definition) is 2. The molecule has 0 heterocycles. The summed E-state index contributed by atoms with van der Waals surface area (Å²) in [7, 11) is 1.42. The van der Waals surface area contributed by atoms with Gasteiger partial charge < -0.3 is 10.4 Å². The Morgan fingerprint density at radius 3 is 2.59 bits per heavy atom. The van der Waals surface area contributed by atoms with Crippen molar-refractivity contribution in [1.82, 2.24) is 0 Å². The van der Waals surface area contributed by atoms with Crippen LogP contribution in [-0.2, 0) is 6.42 Å². The van der Waals surface area contributed by atoms with Crippen LogP contribution >= 0.6 is 0 Å². The average molecular weight is 242 g/mol. The minimum atomic E-state index is -1.53. The van der Waals surface area contributed by atoms with Crippen molar-refractivity contribution in [2.45, 2.75) is 13.3 Å². The van der Waals surface area contributed by atoms with Crippen molar-refractivity contribution >= 4 is 17.3 Å². The van der Waals surface area contributed by atoms with Gasteiger partial charge >= 0.3 is 5.97 Å². The van der Waals surface area contributed by atoms with Crippen molar-refractivity contribution in [3.63, 3.8) is 0 Å². The van der Waals surface area contributed by atoms with Crippen LogP contribution < -0.4 is 5.32 Å². The van der Waals surface area contributed by atoms with Crippen molar-refractivity contribution in [2.75, 3.05) is 12.4 Å². The molecule has 0 radical (unpaired) electrons. The van der Waals surface area contributed by atoms with Gasteiger partial charge in [-0.1, -0.05) is 6.92 Å². The molecule has 1 rings (SSSR count). The molecule has 0 aliphatic rings. The van der Waals surface area contributed by atoms with E-state index in [0.717, 1.165) is 6.07 Å². The predicted molar refractivity (Wildman–Crippen MR) is 58.9 cm³/mol. The molecule has 0 bridgehead atoms. The van der Waals surface area contributed by atoms with Crippen LogP contribution in [0.4, 0.5) is 15.8 Å². The predicted octanol–water partition coefficient (Wildman–Crippen LogP) is 2.04. The minimum Gasteiger partial charge on any atom is -0.478 e. The van der Waals surface area contributed by atoms with E-state index >= 15 is 0 Å². The number of rotatable bonds is 4. The van der Waals surface area contributed by atoms with Crippen LogP contribution in [-0.4, -0.2) is 23.0 Å². The maximum Gasteiger partial charge on any atom is 0.338 e. The highest BCUT2D eigenvalue weighted by atomic mass is 19.1. The van der Waals surface area contributed by atoms with Gasteiger partial charge in [0.05, 0.1) is 4.92 Å². The topological polar surface area (TPSA) is 92.5 Å². The van der Waals surface area contributed by atoms with Crippen molar-refractivity contribution in [3.05, 3.63) is 33.1 Å². The quantitative estimate of drug-likeness (QED) is 0.622. The fourth-order valence-electron chi connectivity index (χ4n) is 1.61. The van der Waals surface area contributed by atoms with Gasteiger partial charge in [-0.25, -0.2) is 9.18 Å². The van der Waals surface area contributed by atoms with Crippen LogP contribution in [0, 0.1) is 15.9 Å². The highest BCUT2D eigenvalue weighted by Gasteiger charge is 2.25. The van der Waals surface area contributed by atoms with E-state index in [1.807, 2.05) is 0 Å². The van der Waals surface area contributed by atoms with E-state index in [1.54, 1.807) is 6.92 Å². The van der Waals surface area contributed by atoms with Gasteiger partial charge in [-0.05, 0) is 6.42 Å². The summed E-state index contributed by atoms with van der Waals surface area (Å²) in [5, 5.41) is 22.1. The zero-order valence-corrected chi connectivity index (χ0v) is 9.28. The summed E-state index contributed by atoms with van der Waals surface area (Å²) in [4.78, 5) is 20.8. The summed E-state index contributed by atoms with van der Waals surface area (Å²) < 4.78 is 13.8. The second-order valence-electron chi connectivity index (χ2n) is 3.28. The maximum atomic E-state index is 13.8. The molecule has 1 aromatic carbocycles. The SMILES string of the molecule is CCc1c(F)c(C(=O)O)cc([N+](=O)[O-])c1NC. The largest absolute Gasteiger partial charge is 0.478 e. The number of nitro benzene ring substituents is 1. The summed E-state index contributed by atoms with van der Waals surface area (Å²) in [6.07, 6.45) is 0.157. The molecular formula is C10H11FN2O4. The molecule has 2 N–H and O–H groups in total. The third kappa shape index (κ3) is 2.17. The highest BCUT2D eigenvalue weighted by Crippen LogP contribution is 2.33. The number of benzene rings is 1. The van der Waals surface area contributed by atoms with E-state index in [2.05, 4.69) is 5.32 Å². The fraction of sp³-hybridized carbons (Fsp3) is 0.300. The van der Waals surface area contributed by atoms with Crippen molar-refractivity contribution in [3.8, 4) is 0 Å². The van der Waals surface area contributed by atoms with Crippen LogP contribution in [0.1, 0.15) is 22.8 Å². The molecule has 1 aromatic rings. The van der Waals surface area contributed by atoms with Gasteiger partial charge in [-0.3, -0.25) is 10.1 Å². The lowest BCUT2D eigenvalue weighted by Gasteiger charge is -2.11. The van der Waals surface area contributed by atoms with Gasteiger partial charge in [0.25, 0.3) is 5.69 Å². The number of carboxylic acids is 1. The van der Waals surface area contributed by atoms with E-state index in [9.17, 15) is 19.3 Å². The number of carbonyl (C=O) groups is 1. The Morgan fingerprint density at radius 2 is 2.24 bits per heavy atom. The van der Waals surface area contributed by atoms with Crippen LogP contribution in [0.15, 0.2) is 6.07 Å². The third-order valence-electron chi connectivity index (χ3n) is 2.37. The fourth-order valence-corrected chi connectivity index (χ4v) is 1.61. The maximum absolute atomic E-state index is 13.8. The lowest BCUT2D eigenvalue weighted by atomic mass is 10.0. The molecule has 0 saturated carbocycles. The van der Waals surface area contributed by atoms with Gasteiger partial charge in [0.2, 0.25) is 0 Å². The smallest absolute Gasteiger partial charge is 0.338 e. The summed E-state index contributed by atoms with van der Waals surface area (Å²) in [6.45, 7) is 1.59. The Morgan fingerprint density at radius 1 is 1.65 bits per heavy atom. The molecule has 0 atom stereocenters. The Hall–Kier alpha value is -2.18. The normalized spacial score (nSPS) is 10.1. The first-order valence-electron chi connectivity index (χ1n) is 4.84. The van der Waals surface area contributed by atoms with E-state index in [-0.39, 0.29) is 17.7 Å². The zero-order valence-electron chi connectivity index (χ0n) is 9.28. The van der Waals surface area contributed by atoms with Crippen LogP contribution in [0.3, 0.4) is 0 Å². The van der Waals surface area contributed by atoms with Gasteiger partial charge in [0.1, 0.15) is 17.1 Å². The van der Waals surface area contributed by atoms with Crippen LogP contribution in [0.25, 0.3) is 0 Å². The van der Waals surface area contributed by atoms with E-state index in [0.29, 0.717) is 0 Å². The molecule has 0 aliphatic carbocycles. The summed E-state index contributed by atoms with van der Waals surface area (Å²) in [5.74, 6) is -2.46. The molecule has 92 valence electrons. The Labute approximate surface area is 96.2 Å². The van der Waals surface area contributed by atoms with E-state index < -0.39 is 28.0 Å². The Kier molecular flexibility index (Phi) is 3.62. The molecule has 0 aliphatic heterocycles. The minimum absolute atomic E-state index is 0.000833. The third-order valence-corrected chi connectivity index (χ3v) is 2.37. The lowest BCUT2D eigenvalue weighted by molar-refractivity contribution is -0.384. The second-order valence-corrected chi connectivity index (χ2v) is 3.28. The number of halogens is 1. The number of nitrogens with one attached hydrogen (secondary N) is 1. The first kappa shape index (κ1) is 12.9. The van der Waals surface area contributed by atoms with Gasteiger partial charge in [-0.2, -0.15) is 0 Å². The number of nitrogens with zero attached hydrogens (tertiary/aromatic N) is 1. The van der Waals surface area contributed by atoms with Gasteiger partial charge in [-0.15, -0.1) is 0 Å². The molecule has 0 aromatic heterocycles. The number of nitro groups is 1. The Balaban J connectivity index is 3.67. The number of anilines is 1. The second kappa shape index (κ2) is 4.77. The average Bonchev–Trinajstić information content (AvgIpc) is 2.27. The molecular weight excluding hydrogens is 231 g/mol. The number of aromatic carboxylic acids is 1. The lowest BCUT2D eigenvalue weighted by Crippen LogP contribution is -2.09. The molecule has 6 nitrogen and oxygen atoms in total. The molecule has 0 unspecified atom stereocenters. The van der Waals surface area contributed by atoms with Gasteiger partial charge in [0, 0.05) is 18.7 Å². The summed E-state index contributed by atoms with van der Waals surface area (Å²) in [5.41, 5.74) is -1.12.